The van der Waals surface area contributed by atoms with E-state index in [1.165, 1.54) is 0 Å². The molecule has 1 N–H and O–H groups in total. The molecule has 3 heteroatoms. The Hall–Kier alpha value is -1.64. The summed E-state index contributed by atoms with van der Waals surface area (Å²) in [6.45, 7) is 1.84. The van der Waals surface area contributed by atoms with Crippen LogP contribution in [0.4, 0.5) is 0 Å². The third kappa shape index (κ3) is 1.86. The number of Topliss-reactive ketones (excluding diaryl/α,β-unsaturated/α-hetero) is 1. The molecule has 90 valence electrons. The fraction of sp³-hybridized carbons (Fsp3) is 0.429. The van der Waals surface area contributed by atoms with Crippen LogP contribution in [0.2, 0.25) is 0 Å². The molecule has 0 radical (unpaired) electrons. The van der Waals surface area contributed by atoms with Gasteiger partial charge >= 0.3 is 5.97 Å². The van der Waals surface area contributed by atoms with E-state index < -0.39 is 11.4 Å². The standard InChI is InChI=1S/C14H16O3/c1-10-6-2-3-7-11(10)12(15)14(13(16)17)8-4-5-9-14/h2-3,6-7H,4-5,8-9H2,1H3,(H,16,17). The van der Waals surface area contributed by atoms with Crippen LogP contribution in [-0.4, -0.2) is 16.9 Å². The van der Waals surface area contributed by atoms with Gasteiger partial charge in [-0.3, -0.25) is 9.59 Å². The highest BCUT2D eigenvalue weighted by Gasteiger charge is 2.48. The molecular weight excluding hydrogens is 216 g/mol. The fourth-order valence-corrected chi connectivity index (χ4v) is 2.60. The molecule has 0 amide bonds. The van der Waals surface area contributed by atoms with Gasteiger partial charge in [0.2, 0.25) is 0 Å². The molecule has 1 aromatic carbocycles. The molecule has 2 rings (SSSR count). The summed E-state index contributed by atoms with van der Waals surface area (Å²) in [5, 5.41) is 9.37. The van der Waals surface area contributed by atoms with E-state index in [1.54, 1.807) is 12.1 Å². The molecule has 0 unspecified atom stereocenters. The fourth-order valence-electron chi connectivity index (χ4n) is 2.60. The van der Waals surface area contributed by atoms with Crippen molar-refractivity contribution >= 4 is 11.8 Å². The zero-order chi connectivity index (χ0) is 12.5. The Morgan fingerprint density at radius 2 is 1.76 bits per heavy atom. The summed E-state index contributed by atoms with van der Waals surface area (Å²) in [7, 11) is 0. The van der Waals surface area contributed by atoms with Crippen molar-refractivity contribution in [3.63, 3.8) is 0 Å². The van der Waals surface area contributed by atoms with E-state index >= 15 is 0 Å². The zero-order valence-electron chi connectivity index (χ0n) is 9.90. The average Bonchev–Trinajstić information content (AvgIpc) is 2.79. The predicted octanol–water partition coefficient (Wildman–Crippen LogP) is 2.82. The van der Waals surface area contributed by atoms with Crippen LogP contribution in [0.3, 0.4) is 0 Å². The van der Waals surface area contributed by atoms with Gasteiger partial charge in [-0.25, -0.2) is 0 Å². The smallest absolute Gasteiger partial charge is 0.317 e. The lowest BCUT2D eigenvalue weighted by Crippen LogP contribution is -2.37. The molecule has 0 heterocycles. The van der Waals surface area contributed by atoms with Crippen LogP contribution in [0, 0.1) is 12.3 Å². The summed E-state index contributed by atoms with van der Waals surface area (Å²) in [6.07, 6.45) is 2.58. The van der Waals surface area contributed by atoms with Crippen LogP contribution >= 0.6 is 0 Å². The van der Waals surface area contributed by atoms with E-state index in [-0.39, 0.29) is 5.78 Å². The van der Waals surface area contributed by atoms with Crippen LogP contribution in [0.15, 0.2) is 24.3 Å². The molecule has 17 heavy (non-hydrogen) atoms. The molecule has 0 aromatic heterocycles. The third-order valence-electron chi connectivity index (χ3n) is 3.69. The number of ketones is 1. The van der Waals surface area contributed by atoms with Gasteiger partial charge in [-0.05, 0) is 25.3 Å². The number of aryl methyl sites for hydroxylation is 1. The number of hydrogen-bond acceptors (Lipinski definition) is 2. The minimum Gasteiger partial charge on any atom is -0.480 e. The van der Waals surface area contributed by atoms with Crippen molar-refractivity contribution in [3.8, 4) is 0 Å². The molecule has 1 aromatic rings. The first-order valence-electron chi connectivity index (χ1n) is 5.92. The Morgan fingerprint density at radius 1 is 1.18 bits per heavy atom. The summed E-state index contributed by atoms with van der Waals surface area (Å²) < 4.78 is 0. The van der Waals surface area contributed by atoms with E-state index in [9.17, 15) is 14.7 Å². The van der Waals surface area contributed by atoms with E-state index in [4.69, 9.17) is 0 Å². The molecule has 1 aliphatic carbocycles. The first kappa shape index (κ1) is 11.8. The topological polar surface area (TPSA) is 54.4 Å². The lowest BCUT2D eigenvalue weighted by Gasteiger charge is -2.22. The Kier molecular flexibility index (Phi) is 3.01. The second kappa shape index (κ2) is 4.32. The van der Waals surface area contributed by atoms with Gasteiger partial charge in [0.15, 0.2) is 5.78 Å². The number of carboxylic acid groups (broad SMARTS) is 1. The first-order valence-corrected chi connectivity index (χ1v) is 5.92. The predicted molar refractivity (Wildman–Crippen MR) is 64.0 cm³/mol. The largest absolute Gasteiger partial charge is 0.480 e. The van der Waals surface area contributed by atoms with Gasteiger partial charge in [0, 0.05) is 5.56 Å². The van der Waals surface area contributed by atoms with E-state index in [0.29, 0.717) is 18.4 Å². The number of hydrogen-bond donors (Lipinski definition) is 1. The Balaban J connectivity index is 2.42. The molecule has 0 bridgehead atoms. The third-order valence-corrected chi connectivity index (χ3v) is 3.69. The van der Waals surface area contributed by atoms with Crippen molar-refractivity contribution < 1.29 is 14.7 Å². The minimum atomic E-state index is -1.17. The minimum absolute atomic E-state index is 0.222. The normalized spacial score (nSPS) is 17.9. The molecule has 0 atom stereocenters. The van der Waals surface area contributed by atoms with Crippen LogP contribution in [0.1, 0.15) is 41.6 Å². The lowest BCUT2D eigenvalue weighted by molar-refractivity contribution is -0.145. The Bertz CT molecular complexity index is 456. The van der Waals surface area contributed by atoms with Crippen molar-refractivity contribution in [1.29, 1.82) is 0 Å². The lowest BCUT2D eigenvalue weighted by atomic mass is 9.78. The average molecular weight is 232 g/mol. The summed E-state index contributed by atoms with van der Waals surface area (Å²) >= 11 is 0. The zero-order valence-corrected chi connectivity index (χ0v) is 9.90. The molecule has 0 aliphatic heterocycles. The molecule has 1 saturated carbocycles. The molecule has 3 nitrogen and oxygen atoms in total. The van der Waals surface area contributed by atoms with E-state index in [0.717, 1.165) is 18.4 Å². The van der Waals surface area contributed by atoms with E-state index in [2.05, 4.69) is 0 Å². The van der Waals surface area contributed by atoms with Crippen LogP contribution < -0.4 is 0 Å². The highest BCUT2D eigenvalue weighted by atomic mass is 16.4. The summed E-state index contributed by atoms with van der Waals surface area (Å²) in [5.41, 5.74) is 0.230. The van der Waals surface area contributed by atoms with Gasteiger partial charge in [0.05, 0.1) is 0 Å². The number of carboxylic acids is 1. The maximum atomic E-state index is 12.5. The number of carbonyl (C=O) groups is 2. The summed E-state index contributed by atoms with van der Waals surface area (Å²) in [6, 6.07) is 7.21. The van der Waals surface area contributed by atoms with Gasteiger partial charge in [0.25, 0.3) is 0 Å². The first-order chi connectivity index (χ1) is 8.08. The molecule has 1 fully saturated rings. The van der Waals surface area contributed by atoms with Gasteiger partial charge in [-0.1, -0.05) is 37.1 Å². The van der Waals surface area contributed by atoms with Crippen molar-refractivity contribution in [2.75, 3.05) is 0 Å². The quantitative estimate of drug-likeness (QED) is 0.644. The van der Waals surface area contributed by atoms with Crippen LogP contribution in [0.5, 0.6) is 0 Å². The van der Waals surface area contributed by atoms with Gasteiger partial charge < -0.3 is 5.11 Å². The van der Waals surface area contributed by atoms with Crippen LogP contribution in [0.25, 0.3) is 0 Å². The monoisotopic (exact) mass is 232 g/mol. The Labute approximate surface area is 100 Å². The van der Waals surface area contributed by atoms with E-state index in [1.807, 2.05) is 19.1 Å². The molecular formula is C14H16O3. The summed E-state index contributed by atoms with van der Waals surface area (Å²) in [5.74, 6) is -1.19. The number of benzene rings is 1. The maximum absolute atomic E-state index is 12.5. The number of aliphatic carboxylic acids is 1. The van der Waals surface area contributed by atoms with Crippen molar-refractivity contribution in [2.45, 2.75) is 32.6 Å². The van der Waals surface area contributed by atoms with Gasteiger partial charge in [-0.2, -0.15) is 0 Å². The maximum Gasteiger partial charge on any atom is 0.317 e. The second-order valence-corrected chi connectivity index (χ2v) is 4.74. The van der Waals surface area contributed by atoms with Crippen molar-refractivity contribution in [1.82, 2.24) is 0 Å². The molecule has 0 spiro atoms. The van der Waals surface area contributed by atoms with Gasteiger partial charge in [-0.15, -0.1) is 0 Å². The Morgan fingerprint density at radius 3 is 2.29 bits per heavy atom. The second-order valence-electron chi connectivity index (χ2n) is 4.74. The number of rotatable bonds is 3. The van der Waals surface area contributed by atoms with Crippen molar-refractivity contribution in [3.05, 3.63) is 35.4 Å². The van der Waals surface area contributed by atoms with Crippen LogP contribution in [-0.2, 0) is 4.79 Å². The highest BCUT2D eigenvalue weighted by molar-refractivity contribution is 6.12. The van der Waals surface area contributed by atoms with Crippen molar-refractivity contribution in [2.24, 2.45) is 5.41 Å². The molecule has 1 aliphatic rings. The summed E-state index contributed by atoms with van der Waals surface area (Å²) in [4.78, 5) is 23.9. The number of carbonyl (C=O) groups excluding carboxylic acids is 1. The van der Waals surface area contributed by atoms with Gasteiger partial charge in [0.1, 0.15) is 5.41 Å². The SMILES string of the molecule is Cc1ccccc1C(=O)C1(C(=O)O)CCCC1. The highest BCUT2D eigenvalue weighted by Crippen LogP contribution is 2.41. The molecule has 0 saturated heterocycles.